The van der Waals surface area contributed by atoms with Crippen LogP contribution in [0.15, 0.2) is 23.5 Å². The Morgan fingerprint density at radius 2 is 1.83 bits per heavy atom. The van der Waals surface area contributed by atoms with E-state index < -0.39 is 0 Å². The van der Waals surface area contributed by atoms with E-state index in [0.717, 1.165) is 45.0 Å². The summed E-state index contributed by atoms with van der Waals surface area (Å²) in [5.41, 5.74) is 6.13. The van der Waals surface area contributed by atoms with E-state index in [9.17, 15) is 5.11 Å². The maximum atomic E-state index is 9.66. The molecule has 2 aliphatic rings. The van der Waals surface area contributed by atoms with Crippen LogP contribution < -0.4 is 10.6 Å². The zero-order valence-corrected chi connectivity index (χ0v) is 13.6. The third kappa shape index (κ3) is 3.72. The first-order valence-corrected chi connectivity index (χ1v) is 8.40. The fourth-order valence-corrected chi connectivity index (χ4v) is 3.43. The number of nitrogens with zero attached hydrogens (tertiary/aromatic N) is 5. The maximum absolute atomic E-state index is 9.66. The van der Waals surface area contributed by atoms with Gasteiger partial charge in [0, 0.05) is 44.0 Å². The number of guanidine groups is 1. The van der Waals surface area contributed by atoms with Crippen molar-refractivity contribution in [3.05, 3.63) is 18.5 Å². The van der Waals surface area contributed by atoms with E-state index in [0.29, 0.717) is 12.5 Å². The molecule has 3 N–H and O–H groups in total. The lowest BCUT2D eigenvalue weighted by Gasteiger charge is -2.35. The molecule has 23 heavy (non-hydrogen) atoms. The van der Waals surface area contributed by atoms with Crippen molar-refractivity contribution in [3.63, 3.8) is 0 Å². The molecule has 0 atom stereocenters. The van der Waals surface area contributed by atoms with Crippen LogP contribution in [0.3, 0.4) is 0 Å². The van der Waals surface area contributed by atoms with Crippen LogP contribution in [0.1, 0.15) is 25.7 Å². The van der Waals surface area contributed by atoms with E-state index in [4.69, 9.17) is 5.73 Å². The van der Waals surface area contributed by atoms with Gasteiger partial charge in [0.15, 0.2) is 5.96 Å². The number of nitrogens with two attached hydrogens (primary N) is 1. The third-order valence-corrected chi connectivity index (χ3v) is 5.01. The van der Waals surface area contributed by atoms with Gasteiger partial charge in [0.2, 0.25) is 5.95 Å². The van der Waals surface area contributed by atoms with E-state index in [1.807, 2.05) is 6.07 Å². The molecule has 1 aliphatic heterocycles. The number of aromatic nitrogens is 2. The molecule has 1 aromatic rings. The monoisotopic (exact) mass is 318 g/mol. The quantitative estimate of drug-likeness (QED) is 0.619. The lowest BCUT2D eigenvalue weighted by molar-refractivity contribution is 0.138. The van der Waals surface area contributed by atoms with Crippen molar-refractivity contribution in [1.82, 2.24) is 14.9 Å². The molecule has 7 nitrogen and oxygen atoms in total. The predicted octanol–water partition coefficient (Wildman–Crippen LogP) is 0.466. The standard InChI is InChI=1S/C16H26N6O/c17-14(20-12-16(13-23)4-1-2-5-16)21-8-10-22(11-9-21)15-18-6-3-7-19-15/h3,6-7,23H,1-2,4-5,8-13H2,(H2,17,20). The average Bonchev–Trinajstić information content (AvgIpc) is 3.10. The molecule has 1 saturated carbocycles. The van der Waals surface area contributed by atoms with Crippen LogP contribution in [-0.4, -0.2) is 65.3 Å². The van der Waals surface area contributed by atoms with Crippen molar-refractivity contribution in [2.75, 3.05) is 44.2 Å². The fraction of sp³-hybridized carbons (Fsp3) is 0.688. The van der Waals surface area contributed by atoms with Crippen LogP contribution in [0.5, 0.6) is 0 Å². The van der Waals surface area contributed by atoms with Crippen molar-refractivity contribution in [2.45, 2.75) is 25.7 Å². The lowest BCUT2D eigenvalue weighted by atomic mass is 9.87. The second kappa shape index (κ2) is 7.12. The summed E-state index contributed by atoms with van der Waals surface area (Å²) in [6.45, 7) is 4.16. The topological polar surface area (TPSA) is 90.9 Å². The van der Waals surface area contributed by atoms with Crippen LogP contribution in [-0.2, 0) is 0 Å². The van der Waals surface area contributed by atoms with Gasteiger partial charge in [-0.05, 0) is 18.9 Å². The number of aliphatic hydroxyl groups excluding tert-OH is 1. The Bertz CT molecular complexity index is 521. The van der Waals surface area contributed by atoms with Gasteiger partial charge in [-0.3, -0.25) is 4.99 Å². The van der Waals surface area contributed by atoms with E-state index in [1.165, 1.54) is 12.8 Å². The molecule has 1 saturated heterocycles. The molecule has 1 aromatic heterocycles. The van der Waals surface area contributed by atoms with Gasteiger partial charge in [0.25, 0.3) is 0 Å². The number of aliphatic hydroxyl groups is 1. The molecular formula is C16H26N6O. The Morgan fingerprint density at radius 1 is 1.17 bits per heavy atom. The largest absolute Gasteiger partial charge is 0.396 e. The Balaban J connectivity index is 1.53. The third-order valence-electron chi connectivity index (χ3n) is 5.01. The minimum Gasteiger partial charge on any atom is -0.396 e. The number of hydrogen-bond donors (Lipinski definition) is 2. The van der Waals surface area contributed by atoms with Crippen molar-refractivity contribution in [2.24, 2.45) is 16.1 Å². The highest BCUT2D eigenvalue weighted by Gasteiger charge is 2.33. The summed E-state index contributed by atoms with van der Waals surface area (Å²) in [6, 6.07) is 1.82. The molecule has 0 bridgehead atoms. The first-order chi connectivity index (χ1) is 11.2. The number of anilines is 1. The minimum atomic E-state index is -0.0374. The van der Waals surface area contributed by atoms with Gasteiger partial charge in [0.1, 0.15) is 0 Å². The zero-order chi connectivity index (χ0) is 16.1. The van der Waals surface area contributed by atoms with Crippen LogP contribution in [0.4, 0.5) is 5.95 Å². The average molecular weight is 318 g/mol. The molecule has 0 spiro atoms. The van der Waals surface area contributed by atoms with Crippen LogP contribution >= 0.6 is 0 Å². The Kier molecular flexibility index (Phi) is 4.95. The first-order valence-electron chi connectivity index (χ1n) is 8.40. The van der Waals surface area contributed by atoms with E-state index >= 15 is 0 Å². The lowest BCUT2D eigenvalue weighted by Crippen LogP contribution is -2.51. The predicted molar refractivity (Wildman–Crippen MR) is 90.3 cm³/mol. The smallest absolute Gasteiger partial charge is 0.225 e. The summed E-state index contributed by atoms with van der Waals surface area (Å²) >= 11 is 0. The highest BCUT2D eigenvalue weighted by molar-refractivity contribution is 5.78. The normalized spacial score (nSPS) is 21.7. The van der Waals surface area contributed by atoms with Gasteiger partial charge in [-0.2, -0.15) is 0 Å². The van der Waals surface area contributed by atoms with Gasteiger partial charge in [-0.1, -0.05) is 12.8 Å². The Labute approximate surface area is 137 Å². The molecule has 126 valence electrons. The fourth-order valence-electron chi connectivity index (χ4n) is 3.43. The summed E-state index contributed by atoms with van der Waals surface area (Å²) in [5.74, 6) is 1.37. The van der Waals surface area contributed by atoms with Crippen LogP contribution in [0.2, 0.25) is 0 Å². The van der Waals surface area contributed by atoms with Gasteiger partial charge < -0.3 is 20.6 Å². The van der Waals surface area contributed by atoms with Gasteiger partial charge in [-0.15, -0.1) is 0 Å². The molecule has 2 heterocycles. The van der Waals surface area contributed by atoms with E-state index in [2.05, 4.69) is 24.8 Å². The second-order valence-electron chi connectivity index (χ2n) is 6.56. The summed E-state index contributed by atoms with van der Waals surface area (Å²) < 4.78 is 0. The summed E-state index contributed by atoms with van der Waals surface area (Å²) in [5, 5.41) is 9.66. The molecule has 0 amide bonds. The Hall–Kier alpha value is -1.89. The number of piperazine rings is 1. The molecule has 0 radical (unpaired) electrons. The van der Waals surface area contributed by atoms with E-state index in [-0.39, 0.29) is 12.0 Å². The van der Waals surface area contributed by atoms with E-state index in [1.54, 1.807) is 12.4 Å². The second-order valence-corrected chi connectivity index (χ2v) is 6.56. The number of rotatable bonds is 4. The Morgan fingerprint density at radius 3 is 2.43 bits per heavy atom. The summed E-state index contributed by atoms with van der Waals surface area (Å²) in [4.78, 5) is 17.4. The zero-order valence-electron chi connectivity index (χ0n) is 13.6. The molecule has 2 fully saturated rings. The highest BCUT2D eigenvalue weighted by atomic mass is 16.3. The van der Waals surface area contributed by atoms with Gasteiger partial charge >= 0.3 is 0 Å². The SMILES string of the molecule is NC(=NCC1(CO)CCCC1)N1CCN(c2ncccn2)CC1. The minimum absolute atomic E-state index is 0.0374. The molecular weight excluding hydrogens is 292 g/mol. The molecule has 0 aromatic carbocycles. The molecule has 7 heteroatoms. The maximum Gasteiger partial charge on any atom is 0.225 e. The molecule has 3 rings (SSSR count). The first kappa shape index (κ1) is 16.0. The summed E-state index contributed by atoms with van der Waals surface area (Å²) in [6.07, 6.45) is 8.01. The number of hydrogen-bond acceptors (Lipinski definition) is 5. The van der Waals surface area contributed by atoms with Crippen LogP contribution in [0, 0.1) is 5.41 Å². The molecule has 1 aliphatic carbocycles. The van der Waals surface area contributed by atoms with Crippen molar-refractivity contribution in [1.29, 1.82) is 0 Å². The molecule has 0 unspecified atom stereocenters. The number of aliphatic imine (C=N–C) groups is 1. The highest BCUT2D eigenvalue weighted by Crippen LogP contribution is 2.37. The van der Waals surface area contributed by atoms with Crippen molar-refractivity contribution >= 4 is 11.9 Å². The van der Waals surface area contributed by atoms with Crippen LogP contribution in [0.25, 0.3) is 0 Å². The van der Waals surface area contributed by atoms with Crippen molar-refractivity contribution < 1.29 is 5.11 Å². The van der Waals surface area contributed by atoms with Crippen molar-refractivity contribution in [3.8, 4) is 0 Å². The van der Waals surface area contributed by atoms with Gasteiger partial charge in [-0.25, -0.2) is 9.97 Å². The van der Waals surface area contributed by atoms with Gasteiger partial charge in [0.05, 0.1) is 13.2 Å². The summed E-state index contributed by atoms with van der Waals surface area (Å²) in [7, 11) is 0.